The van der Waals surface area contributed by atoms with Gasteiger partial charge in [0, 0.05) is 18.3 Å². The van der Waals surface area contributed by atoms with E-state index in [-0.39, 0.29) is 0 Å². The minimum Gasteiger partial charge on any atom is -0.386 e. The van der Waals surface area contributed by atoms with E-state index < -0.39 is 0 Å². The standard InChI is InChI=1S/C8H9N/c1-2-4-8-5-3-6-9-7-8/h3,5,7,9H,6H2,1H3. The van der Waals surface area contributed by atoms with E-state index in [9.17, 15) is 0 Å². The maximum atomic E-state index is 3.07. The number of allylic oxidation sites excluding steroid dienone is 2. The smallest absolute Gasteiger partial charge is 0.0399 e. The molecule has 1 heterocycles. The topological polar surface area (TPSA) is 12.0 Å². The highest BCUT2D eigenvalue weighted by Crippen LogP contribution is 1.95. The second-order valence-corrected chi connectivity index (χ2v) is 1.79. The Labute approximate surface area is 55.5 Å². The summed E-state index contributed by atoms with van der Waals surface area (Å²) in [6, 6.07) is 0. The molecule has 0 atom stereocenters. The molecule has 1 aliphatic heterocycles. The van der Waals surface area contributed by atoms with Crippen molar-refractivity contribution in [3.05, 3.63) is 23.9 Å². The van der Waals surface area contributed by atoms with E-state index in [1.807, 2.05) is 19.2 Å². The lowest BCUT2D eigenvalue weighted by Crippen LogP contribution is -2.08. The van der Waals surface area contributed by atoms with Crippen molar-refractivity contribution in [3.63, 3.8) is 0 Å². The van der Waals surface area contributed by atoms with Gasteiger partial charge in [0.15, 0.2) is 0 Å². The molecule has 0 saturated carbocycles. The Morgan fingerprint density at radius 2 is 2.56 bits per heavy atom. The van der Waals surface area contributed by atoms with E-state index in [4.69, 9.17) is 0 Å². The van der Waals surface area contributed by atoms with Crippen LogP contribution in [0.3, 0.4) is 0 Å². The van der Waals surface area contributed by atoms with Gasteiger partial charge in [0.2, 0.25) is 0 Å². The third-order valence-corrected chi connectivity index (χ3v) is 1.06. The summed E-state index contributed by atoms with van der Waals surface area (Å²) in [6.45, 7) is 2.76. The zero-order valence-corrected chi connectivity index (χ0v) is 5.44. The Bertz CT molecular complexity index is 200. The molecule has 1 nitrogen and oxygen atoms in total. The fourth-order valence-electron chi connectivity index (χ4n) is 0.693. The van der Waals surface area contributed by atoms with Crippen molar-refractivity contribution >= 4 is 0 Å². The van der Waals surface area contributed by atoms with Crippen LogP contribution in [0.1, 0.15) is 6.92 Å². The van der Waals surface area contributed by atoms with Crippen LogP contribution < -0.4 is 5.32 Å². The van der Waals surface area contributed by atoms with E-state index in [1.165, 1.54) is 0 Å². The fourth-order valence-corrected chi connectivity index (χ4v) is 0.693. The summed E-state index contributed by atoms with van der Waals surface area (Å²) < 4.78 is 0. The zero-order valence-electron chi connectivity index (χ0n) is 5.44. The molecule has 1 aliphatic rings. The van der Waals surface area contributed by atoms with Gasteiger partial charge in [-0.3, -0.25) is 0 Å². The third-order valence-electron chi connectivity index (χ3n) is 1.06. The van der Waals surface area contributed by atoms with Gasteiger partial charge in [-0.25, -0.2) is 0 Å². The third kappa shape index (κ3) is 1.65. The highest BCUT2D eigenvalue weighted by Gasteiger charge is 1.88. The van der Waals surface area contributed by atoms with Crippen LogP contribution in [0, 0.1) is 11.8 Å². The normalized spacial score (nSPS) is 15.0. The molecule has 0 bridgehead atoms. The molecule has 0 amide bonds. The van der Waals surface area contributed by atoms with Gasteiger partial charge in [0.25, 0.3) is 0 Å². The number of nitrogens with one attached hydrogen (secondary N) is 1. The van der Waals surface area contributed by atoms with Gasteiger partial charge in [-0.05, 0) is 13.0 Å². The largest absolute Gasteiger partial charge is 0.386 e. The molecule has 0 unspecified atom stereocenters. The highest BCUT2D eigenvalue weighted by molar-refractivity contribution is 5.38. The SMILES string of the molecule is CC#CC1=CNCC=C1. The average molecular weight is 119 g/mol. The molecule has 1 N–H and O–H groups in total. The van der Waals surface area contributed by atoms with Crippen molar-refractivity contribution in [1.82, 2.24) is 5.32 Å². The molecule has 0 aliphatic carbocycles. The summed E-state index contributed by atoms with van der Waals surface area (Å²) in [5, 5.41) is 3.07. The van der Waals surface area contributed by atoms with E-state index >= 15 is 0 Å². The lowest BCUT2D eigenvalue weighted by molar-refractivity contribution is 0.964. The second-order valence-electron chi connectivity index (χ2n) is 1.79. The summed E-state index contributed by atoms with van der Waals surface area (Å²) in [4.78, 5) is 0. The molecule has 46 valence electrons. The zero-order chi connectivity index (χ0) is 6.53. The fraction of sp³-hybridized carbons (Fsp3) is 0.250. The van der Waals surface area contributed by atoms with Crippen molar-refractivity contribution in [3.8, 4) is 11.8 Å². The summed E-state index contributed by atoms with van der Waals surface area (Å²) in [5.74, 6) is 5.77. The molecule has 9 heavy (non-hydrogen) atoms. The average Bonchev–Trinajstić information content (AvgIpc) is 1.91. The van der Waals surface area contributed by atoms with Crippen molar-refractivity contribution in [2.24, 2.45) is 0 Å². The van der Waals surface area contributed by atoms with Gasteiger partial charge >= 0.3 is 0 Å². The first-order valence-electron chi connectivity index (χ1n) is 2.96. The van der Waals surface area contributed by atoms with E-state index in [2.05, 4.69) is 23.2 Å². The van der Waals surface area contributed by atoms with Crippen LogP contribution in [0.5, 0.6) is 0 Å². The number of rotatable bonds is 0. The first kappa shape index (κ1) is 5.97. The van der Waals surface area contributed by atoms with Crippen LogP contribution in [-0.2, 0) is 0 Å². The predicted octanol–water partition coefficient (Wildman–Crippen LogP) is 1.05. The second kappa shape index (κ2) is 2.99. The van der Waals surface area contributed by atoms with Gasteiger partial charge in [-0.2, -0.15) is 0 Å². The number of dihydropyridines is 1. The van der Waals surface area contributed by atoms with Crippen molar-refractivity contribution in [2.75, 3.05) is 6.54 Å². The van der Waals surface area contributed by atoms with Gasteiger partial charge < -0.3 is 5.32 Å². The molecule has 0 aromatic rings. The predicted molar refractivity (Wildman–Crippen MR) is 38.7 cm³/mol. The van der Waals surface area contributed by atoms with Crippen LogP contribution in [0.4, 0.5) is 0 Å². The minimum absolute atomic E-state index is 0.925. The van der Waals surface area contributed by atoms with Crippen LogP contribution in [-0.4, -0.2) is 6.54 Å². The van der Waals surface area contributed by atoms with Gasteiger partial charge in [-0.1, -0.05) is 12.0 Å². The Morgan fingerprint density at radius 1 is 1.67 bits per heavy atom. The van der Waals surface area contributed by atoms with E-state index in [1.54, 1.807) is 0 Å². The van der Waals surface area contributed by atoms with Crippen molar-refractivity contribution in [2.45, 2.75) is 6.92 Å². The maximum Gasteiger partial charge on any atom is 0.0399 e. The molecule has 1 rings (SSSR count). The first-order chi connectivity index (χ1) is 4.43. The Hall–Kier alpha value is -1.16. The minimum atomic E-state index is 0.925. The Morgan fingerprint density at radius 3 is 3.11 bits per heavy atom. The molecule has 0 fully saturated rings. The molecular formula is C8H9N. The highest BCUT2D eigenvalue weighted by atomic mass is 14.8. The molecular weight excluding hydrogens is 110 g/mol. The van der Waals surface area contributed by atoms with Gasteiger partial charge in [0.1, 0.15) is 0 Å². The summed E-state index contributed by atoms with van der Waals surface area (Å²) >= 11 is 0. The number of hydrogen-bond donors (Lipinski definition) is 1. The molecule has 0 saturated heterocycles. The molecule has 0 spiro atoms. The lowest BCUT2D eigenvalue weighted by Gasteiger charge is -2.00. The summed E-state index contributed by atoms with van der Waals surface area (Å²) in [5.41, 5.74) is 1.06. The summed E-state index contributed by atoms with van der Waals surface area (Å²) in [7, 11) is 0. The molecule has 0 aromatic carbocycles. The first-order valence-corrected chi connectivity index (χ1v) is 2.96. The van der Waals surface area contributed by atoms with E-state index in [0.29, 0.717) is 0 Å². The molecule has 0 aromatic heterocycles. The quantitative estimate of drug-likeness (QED) is 0.470. The van der Waals surface area contributed by atoms with Crippen LogP contribution in [0.25, 0.3) is 0 Å². The Kier molecular flexibility index (Phi) is 1.98. The van der Waals surface area contributed by atoms with Gasteiger partial charge in [-0.15, -0.1) is 5.92 Å². The molecule has 0 radical (unpaired) electrons. The monoisotopic (exact) mass is 119 g/mol. The molecule has 1 heteroatoms. The van der Waals surface area contributed by atoms with Crippen molar-refractivity contribution < 1.29 is 0 Å². The number of hydrogen-bond acceptors (Lipinski definition) is 1. The van der Waals surface area contributed by atoms with Crippen LogP contribution in [0.2, 0.25) is 0 Å². The van der Waals surface area contributed by atoms with Crippen LogP contribution in [0.15, 0.2) is 23.9 Å². The lowest BCUT2D eigenvalue weighted by atomic mass is 10.2. The van der Waals surface area contributed by atoms with Crippen LogP contribution >= 0.6 is 0 Å². The van der Waals surface area contributed by atoms with Gasteiger partial charge in [0.05, 0.1) is 0 Å². The Balaban J connectivity index is 2.65. The summed E-state index contributed by atoms with van der Waals surface area (Å²) in [6.07, 6.45) is 6.00. The van der Waals surface area contributed by atoms with Crippen molar-refractivity contribution in [1.29, 1.82) is 0 Å². The maximum absolute atomic E-state index is 3.07. The van der Waals surface area contributed by atoms with E-state index in [0.717, 1.165) is 12.1 Å².